The standard InChI is InChI=1S/C44H54O5Si/c1-7-32-21-25-36-38-28-30(2)18-24-37(38)43(42(36)41(32)39(45)26-27-40(46)47-6)49-33-22-19-31(20-23-33)29-48-50(44(3,4)5,34-14-10-8-11-15-34)35-16-12-9-13-17-35/h7-17,19-23,25,30,32,36-38,41-43H,1,18,24,26-29H2,2-6H3/t30-,32+,36+,37-,38+,41-,42+,43+/m1/s1. The second kappa shape index (κ2) is 15.2. The van der Waals surface area contributed by atoms with Gasteiger partial charge in [-0.05, 0) is 69.6 Å². The molecule has 3 aromatic rings. The van der Waals surface area contributed by atoms with E-state index >= 15 is 0 Å². The van der Waals surface area contributed by atoms with Crippen LogP contribution >= 0.6 is 0 Å². The molecular formula is C44H54O5Si. The molecule has 0 unspecified atom stereocenters. The maximum atomic E-state index is 13.9. The number of hydrogen-bond donors (Lipinski definition) is 0. The summed E-state index contributed by atoms with van der Waals surface area (Å²) < 4.78 is 19.1. The van der Waals surface area contributed by atoms with Gasteiger partial charge in [0.1, 0.15) is 17.6 Å². The molecule has 8 atom stereocenters. The number of rotatable bonds is 12. The second-order valence-corrected chi connectivity index (χ2v) is 20.2. The molecule has 2 fully saturated rings. The fraction of sp³-hybridized carbons (Fsp3) is 0.455. The first-order chi connectivity index (χ1) is 24.1. The molecule has 0 N–H and O–H groups in total. The lowest BCUT2D eigenvalue weighted by molar-refractivity contribution is -0.142. The summed E-state index contributed by atoms with van der Waals surface area (Å²) in [6.45, 7) is 13.9. The van der Waals surface area contributed by atoms with Gasteiger partial charge in [0.15, 0.2) is 0 Å². The summed E-state index contributed by atoms with van der Waals surface area (Å²) in [6, 6.07) is 29.9. The van der Waals surface area contributed by atoms with Crippen molar-refractivity contribution in [1.29, 1.82) is 0 Å². The molecule has 3 aliphatic rings. The molecule has 0 heterocycles. The van der Waals surface area contributed by atoms with E-state index in [2.05, 4.69) is 131 Å². The third kappa shape index (κ3) is 7.07. The van der Waals surface area contributed by atoms with Gasteiger partial charge in [0.05, 0.1) is 20.1 Å². The van der Waals surface area contributed by atoms with Crippen molar-refractivity contribution in [2.45, 2.75) is 77.5 Å². The van der Waals surface area contributed by atoms with E-state index in [0.29, 0.717) is 24.4 Å². The number of esters is 1. The molecule has 264 valence electrons. The van der Waals surface area contributed by atoms with Gasteiger partial charge < -0.3 is 13.9 Å². The van der Waals surface area contributed by atoms with Crippen LogP contribution < -0.4 is 15.1 Å². The smallest absolute Gasteiger partial charge is 0.305 e. The summed E-state index contributed by atoms with van der Waals surface area (Å²) in [6.07, 6.45) is 10.1. The van der Waals surface area contributed by atoms with Gasteiger partial charge in [-0.2, -0.15) is 0 Å². The molecule has 0 aromatic heterocycles. The van der Waals surface area contributed by atoms with Crippen LogP contribution in [-0.4, -0.2) is 33.3 Å². The lowest BCUT2D eigenvalue weighted by Gasteiger charge is -2.43. The Labute approximate surface area is 300 Å². The summed E-state index contributed by atoms with van der Waals surface area (Å²) in [5, 5.41) is 2.43. The number of fused-ring (bicyclic) bond motifs is 3. The van der Waals surface area contributed by atoms with Crippen molar-refractivity contribution in [1.82, 2.24) is 0 Å². The Bertz CT molecular complexity index is 1600. The van der Waals surface area contributed by atoms with Gasteiger partial charge in [0.25, 0.3) is 8.32 Å². The van der Waals surface area contributed by atoms with E-state index in [1.54, 1.807) is 0 Å². The minimum atomic E-state index is -2.67. The highest BCUT2D eigenvalue weighted by Crippen LogP contribution is 2.57. The van der Waals surface area contributed by atoms with Crippen molar-refractivity contribution in [3.05, 3.63) is 115 Å². The van der Waals surface area contributed by atoms with Gasteiger partial charge >= 0.3 is 5.97 Å². The Kier molecular flexibility index (Phi) is 11.0. The minimum absolute atomic E-state index is 0.0339. The molecule has 0 aliphatic heterocycles. The average Bonchev–Trinajstić information content (AvgIpc) is 3.43. The van der Waals surface area contributed by atoms with E-state index in [1.165, 1.54) is 23.9 Å². The summed E-state index contributed by atoms with van der Waals surface area (Å²) in [4.78, 5) is 25.9. The fourth-order valence-corrected chi connectivity index (χ4v) is 14.1. The first-order valence-corrected chi connectivity index (χ1v) is 20.4. The summed E-state index contributed by atoms with van der Waals surface area (Å²) in [5.41, 5.74) is 1.10. The van der Waals surface area contributed by atoms with Crippen LogP contribution in [0.15, 0.2) is 110 Å². The summed E-state index contributed by atoms with van der Waals surface area (Å²) in [7, 11) is -1.30. The quantitative estimate of drug-likeness (QED) is 0.109. The molecular weight excluding hydrogens is 637 g/mol. The van der Waals surface area contributed by atoms with Gasteiger partial charge in [0.2, 0.25) is 0 Å². The number of methoxy groups -OCH3 is 1. The van der Waals surface area contributed by atoms with Crippen molar-refractivity contribution >= 4 is 30.4 Å². The highest BCUT2D eigenvalue weighted by atomic mass is 28.4. The molecule has 50 heavy (non-hydrogen) atoms. The molecule has 0 bridgehead atoms. The molecule has 0 spiro atoms. The molecule has 0 saturated heterocycles. The zero-order valence-electron chi connectivity index (χ0n) is 30.4. The largest absolute Gasteiger partial charge is 0.490 e. The summed E-state index contributed by atoms with van der Waals surface area (Å²) in [5.74, 6) is 2.06. The number of ether oxygens (including phenoxy) is 2. The topological polar surface area (TPSA) is 61.8 Å². The van der Waals surface area contributed by atoms with Crippen LogP contribution in [0.2, 0.25) is 5.04 Å². The predicted octanol–water partition coefficient (Wildman–Crippen LogP) is 8.32. The Balaban J connectivity index is 1.26. The number of Topliss-reactive ketones (excluding diaryl/α,β-unsaturated/α-hetero) is 1. The first kappa shape index (κ1) is 36.1. The van der Waals surface area contributed by atoms with Gasteiger partial charge in [-0.15, -0.1) is 6.58 Å². The third-order valence-electron chi connectivity index (χ3n) is 11.9. The van der Waals surface area contributed by atoms with Crippen LogP contribution in [0.1, 0.15) is 65.4 Å². The van der Waals surface area contributed by atoms with Crippen LogP contribution in [0.4, 0.5) is 0 Å². The van der Waals surface area contributed by atoms with Crippen LogP contribution in [0.3, 0.4) is 0 Å². The van der Waals surface area contributed by atoms with Crippen LogP contribution in [0, 0.1) is 41.4 Å². The molecule has 5 nitrogen and oxygen atoms in total. The van der Waals surface area contributed by atoms with Gasteiger partial charge in [-0.1, -0.05) is 125 Å². The summed E-state index contributed by atoms with van der Waals surface area (Å²) >= 11 is 0. The fourth-order valence-electron chi connectivity index (χ4n) is 9.53. The van der Waals surface area contributed by atoms with E-state index < -0.39 is 8.32 Å². The lowest BCUT2D eigenvalue weighted by atomic mass is 9.66. The highest BCUT2D eigenvalue weighted by molar-refractivity contribution is 6.99. The van der Waals surface area contributed by atoms with E-state index in [0.717, 1.165) is 24.2 Å². The lowest BCUT2D eigenvalue weighted by Crippen LogP contribution is -2.66. The molecule has 6 heteroatoms. The van der Waals surface area contributed by atoms with Crippen molar-refractivity contribution in [2.75, 3.05) is 7.11 Å². The number of allylic oxidation sites excluding steroid dienone is 3. The van der Waals surface area contributed by atoms with Gasteiger partial charge in [-0.25, -0.2) is 0 Å². The number of benzene rings is 3. The third-order valence-corrected chi connectivity index (χ3v) is 16.8. The van der Waals surface area contributed by atoms with Crippen LogP contribution in [0.25, 0.3) is 0 Å². The van der Waals surface area contributed by atoms with E-state index in [1.807, 2.05) is 6.08 Å². The molecule has 6 rings (SSSR count). The monoisotopic (exact) mass is 690 g/mol. The van der Waals surface area contributed by atoms with Crippen LogP contribution in [0.5, 0.6) is 5.75 Å². The van der Waals surface area contributed by atoms with Crippen molar-refractivity contribution < 1.29 is 23.5 Å². The zero-order chi connectivity index (χ0) is 35.5. The number of ketones is 1. The second-order valence-electron chi connectivity index (χ2n) is 15.8. The maximum absolute atomic E-state index is 13.9. The van der Waals surface area contributed by atoms with Crippen molar-refractivity contribution in [3.63, 3.8) is 0 Å². The molecule has 3 aliphatic carbocycles. The molecule has 3 aromatic carbocycles. The van der Waals surface area contributed by atoms with Crippen molar-refractivity contribution in [2.24, 2.45) is 41.4 Å². The highest BCUT2D eigenvalue weighted by Gasteiger charge is 2.58. The number of carbonyl (C=O) groups excluding carboxylic acids is 2. The normalized spacial score (nSPS) is 27.5. The molecule has 0 amide bonds. The SMILES string of the molecule is C=C[C@H]1C=C[C@H]2[C@@H]3C[C@H](C)CC[C@H]3[C@H](Oc3ccc(CO[Si](c4ccccc4)(c4ccccc4)C(C)(C)C)cc3)[C@@H]2[C@H]1C(=O)CCC(=O)OC. The van der Waals surface area contributed by atoms with Gasteiger partial charge in [-0.3, -0.25) is 9.59 Å². The Morgan fingerprint density at radius 3 is 2.08 bits per heavy atom. The Morgan fingerprint density at radius 1 is 0.860 bits per heavy atom. The Hall–Kier alpha value is -3.74. The van der Waals surface area contributed by atoms with E-state index in [4.69, 9.17) is 13.9 Å². The van der Waals surface area contributed by atoms with Crippen LogP contribution in [-0.2, 0) is 25.4 Å². The number of hydrogen-bond acceptors (Lipinski definition) is 5. The van der Waals surface area contributed by atoms with E-state index in [-0.39, 0.29) is 59.4 Å². The average molecular weight is 691 g/mol. The maximum Gasteiger partial charge on any atom is 0.305 e. The molecule has 0 radical (unpaired) electrons. The minimum Gasteiger partial charge on any atom is -0.490 e. The van der Waals surface area contributed by atoms with E-state index in [9.17, 15) is 9.59 Å². The molecule has 2 saturated carbocycles. The Morgan fingerprint density at radius 2 is 1.50 bits per heavy atom. The first-order valence-electron chi connectivity index (χ1n) is 18.5. The predicted molar refractivity (Wildman–Crippen MR) is 203 cm³/mol. The van der Waals surface area contributed by atoms with Crippen molar-refractivity contribution in [3.8, 4) is 5.75 Å². The van der Waals surface area contributed by atoms with Gasteiger partial charge in [0, 0.05) is 24.2 Å². The number of carbonyl (C=O) groups is 2. The zero-order valence-corrected chi connectivity index (χ0v) is 31.4.